The molecule has 0 unspecified atom stereocenters. The molecular weight excluding hydrogens is 296 g/mol. The van der Waals surface area contributed by atoms with Gasteiger partial charge in [0.05, 0.1) is 12.4 Å². The Morgan fingerprint density at radius 1 is 1.25 bits per heavy atom. The maximum absolute atomic E-state index is 11.4. The number of benzene rings is 1. The van der Waals surface area contributed by atoms with E-state index in [2.05, 4.69) is 0 Å². The molecule has 2 rings (SSSR count). The Bertz CT molecular complexity index is 575. The third-order valence-corrected chi connectivity index (χ3v) is 5.52. The predicted octanol–water partition coefficient (Wildman–Crippen LogP) is 3.81. The maximum atomic E-state index is 11.4. The van der Waals surface area contributed by atoms with Gasteiger partial charge in [-0.1, -0.05) is 25.0 Å². The molecular formula is C15H21ClO3S. The molecule has 0 radical (unpaired) electrons. The molecule has 0 spiro atoms. The van der Waals surface area contributed by atoms with Gasteiger partial charge in [-0.25, -0.2) is 8.42 Å². The highest BCUT2D eigenvalue weighted by Gasteiger charge is 2.38. The third kappa shape index (κ3) is 3.89. The first-order valence-electron chi connectivity index (χ1n) is 6.93. The van der Waals surface area contributed by atoms with E-state index in [1.807, 2.05) is 32.0 Å². The zero-order valence-corrected chi connectivity index (χ0v) is 13.6. The van der Waals surface area contributed by atoms with Gasteiger partial charge in [-0.3, -0.25) is 0 Å². The van der Waals surface area contributed by atoms with E-state index in [-0.39, 0.29) is 11.2 Å². The number of halogens is 1. The van der Waals surface area contributed by atoms with Gasteiger partial charge in [-0.05, 0) is 43.9 Å². The topological polar surface area (TPSA) is 43.4 Å². The van der Waals surface area contributed by atoms with Crippen molar-refractivity contribution in [2.45, 2.75) is 39.5 Å². The lowest BCUT2D eigenvalue weighted by Crippen LogP contribution is -2.32. The van der Waals surface area contributed by atoms with Crippen LogP contribution in [0.25, 0.3) is 0 Å². The first-order valence-corrected chi connectivity index (χ1v) is 9.41. The first kappa shape index (κ1) is 15.6. The van der Waals surface area contributed by atoms with E-state index in [0.717, 1.165) is 37.0 Å². The van der Waals surface area contributed by atoms with Gasteiger partial charge in [0.15, 0.2) is 0 Å². The van der Waals surface area contributed by atoms with Crippen molar-refractivity contribution in [2.75, 3.05) is 12.4 Å². The maximum Gasteiger partial charge on any atom is 0.233 e. The summed E-state index contributed by atoms with van der Waals surface area (Å²) in [6.45, 7) is 4.48. The molecule has 0 aromatic heterocycles. The smallest absolute Gasteiger partial charge is 0.233 e. The zero-order valence-electron chi connectivity index (χ0n) is 12.0. The Morgan fingerprint density at radius 2 is 1.90 bits per heavy atom. The van der Waals surface area contributed by atoms with Crippen molar-refractivity contribution in [1.82, 2.24) is 0 Å². The van der Waals surface area contributed by atoms with Crippen LogP contribution in [0.1, 0.15) is 36.8 Å². The van der Waals surface area contributed by atoms with Crippen molar-refractivity contribution in [3.05, 3.63) is 29.3 Å². The summed E-state index contributed by atoms with van der Waals surface area (Å²) in [5.41, 5.74) is 1.96. The van der Waals surface area contributed by atoms with Gasteiger partial charge in [-0.15, -0.1) is 0 Å². The number of hydrogen-bond acceptors (Lipinski definition) is 3. The Morgan fingerprint density at radius 3 is 2.50 bits per heavy atom. The Balaban J connectivity index is 2.12. The van der Waals surface area contributed by atoms with Gasteiger partial charge in [0.1, 0.15) is 5.75 Å². The van der Waals surface area contributed by atoms with Gasteiger partial charge in [0, 0.05) is 16.1 Å². The summed E-state index contributed by atoms with van der Waals surface area (Å²) in [6.07, 6.45) is 3.82. The summed E-state index contributed by atoms with van der Waals surface area (Å²) in [4.78, 5) is 0. The van der Waals surface area contributed by atoms with Crippen molar-refractivity contribution < 1.29 is 13.2 Å². The molecule has 0 bridgehead atoms. The quantitative estimate of drug-likeness (QED) is 0.776. The van der Waals surface area contributed by atoms with Crippen molar-refractivity contribution in [3.63, 3.8) is 0 Å². The van der Waals surface area contributed by atoms with E-state index in [1.165, 1.54) is 5.56 Å². The van der Waals surface area contributed by atoms with Crippen LogP contribution in [-0.4, -0.2) is 20.8 Å². The van der Waals surface area contributed by atoms with E-state index in [1.54, 1.807) is 0 Å². The SMILES string of the molecule is Cc1cccc(OCC2(CS(=O)(=O)Cl)CCCC2)c1C. The summed E-state index contributed by atoms with van der Waals surface area (Å²) in [7, 11) is 1.96. The second-order valence-electron chi connectivity index (χ2n) is 5.88. The highest BCUT2D eigenvalue weighted by molar-refractivity contribution is 8.13. The van der Waals surface area contributed by atoms with Crippen LogP contribution in [0.2, 0.25) is 0 Å². The third-order valence-electron chi connectivity index (χ3n) is 4.23. The van der Waals surface area contributed by atoms with Crippen LogP contribution in [0.3, 0.4) is 0 Å². The van der Waals surface area contributed by atoms with Crippen LogP contribution < -0.4 is 4.74 Å². The average molecular weight is 317 g/mol. The molecule has 1 aromatic rings. The Labute approximate surface area is 125 Å². The molecule has 3 nitrogen and oxygen atoms in total. The van der Waals surface area contributed by atoms with E-state index >= 15 is 0 Å². The van der Waals surface area contributed by atoms with Crippen LogP contribution in [-0.2, 0) is 9.05 Å². The van der Waals surface area contributed by atoms with Crippen molar-refractivity contribution in [2.24, 2.45) is 5.41 Å². The molecule has 0 N–H and O–H groups in total. The molecule has 1 fully saturated rings. The summed E-state index contributed by atoms with van der Waals surface area (Å²) < 4.78 is 28.8. The fraction of sp³-hybridized carbons (Fsp3) is 0.600. The minimum atomic E-state index is -3.50. The van der Waals surface area contributed by atoms with Gasteiger partial charge >= 0.3 is 0 Å². The molecule has 0 aliphatic heterocycles. The lowest BCUT2D eigenvalue weighted by molar-refractivity contribution is 0.170. The summed E-state index contributed by atoms with van der Waals surface area (Å²) in [5, 5.41) is 0. The average Bonchev–Trinajstić information content (AvgIpc) is 2.78. The lowest BCUT2D eigenvalue weighted by atomic mass is 9.90. The fourth-order valence-electron chi connectivity index (χ4n) is 2.93. The van der Waals surface area contributed by atoms with Crippen molar-refractivity contribution in [1.29, 1.82) is 0 Å². The molecule has 0 heterocycles. The lowest BCUT2D eigenvalue weighted by Gasteiger charge is -2.27. The number of hydrogen-bond donors (Lipinski definition) is 0. The van der Waals surface area contributed by atoms with Crippen LogP contribution in [0.5, 0.6) is 5.75 Å². The van der Waals surface area contributed by atoms with Crippen LogP contribution in [0, 0.1) is 19.3 Å². The van der Waals surface area contributed by atoms with E-state index < -0.39 is 9.05 Å². The number of ether oxygens (including phenoxy) is 1. The Kier molecular flexibility index (Phi) is 4.65. The van der Waals surface area contributed by atoms with E-state index in [4.69, 9.17) is 15.4 Å². The standard InChI is InChI=1S/C15H21ClO3S/c1-12-6-5-7-14(13(12)2)19-10-15(8-3-4-9-15)11-20(16,17)18/h5-7H,3-4,8-11H2,1-2H3. The van der Waals surface area contributed by atoms with E-state index in [9.17, 15) is 8.42 Å². The highest BCUT2D eigenvalue weighted by Crippen LogP contribution is 2.40. The predicted molar refractivity (Wildman–Crippen MR) is 82.0 cm³/mol. The molecule has 0 amide bonds. The molecule has 1 aliphatic carbocycles. The molecule has 1 aromatic carbocycles. The minimum absolute atomic E-state index is 0.00637. The molecule has 1 aliphatic rings. The molecule has 20 heavy (non-hydrogen) atoms. The zero-order chi connectivity index (χ0) is 14.8. The minimum Gasteiger partial charge on any atom is -0.493 e. The first-order chi connectivity index (χ1) is 9.31. The molecule has 5 heteroatoms. The van der Waals surface area contributed by atoms with Gasteiger partial charge in [-0.2, -0.15) is 0 Å². The van der Waals surface area contributed by atoms with Crippen LogP contribution >= 0.6 is 10.7 Å². The van der Waals surface area contributed by atoms with Crippen LogP contribution in [0.4, 0.5) is 0 Å². The molecule has 112 valence electrons. The normalized spacial score (nSPS) is 18.1. The summed E-state index contributed by atoms with van der Waals surface area (Å²) in [5.74, 6) is 0.843. The van der Waals surface area contributed by atoms with Crippen LogP contribution in [0.15, 0.2) is 18.2 Å². The van der Waals surface area contributed by atoms with Crippen molar-refractivity contribution >= 4 is 19.7 Å². The van der Waals surface area contributed by atoms with Gasteiger partial charge < -0.3 is 4.74 Å². The molecule has 1 saturated carbocycles. The van der Waals surface area contributed by atoms with E-state index in [0.29, 0.717) is 6.61 Å². The van der Waals surface area contributed by atoms with Gasteiger partial charge in [0.25, 0.3) is 0 Å². The van der Waals surface area contributed by atoms with Gasteiger partial charge in [0.2, 0.25) is 9.05 Å². The molecule has 0 saturated heterocycles. The summed E-state index contributed by atoms with van der Waals surface area (Å²) >= 11 is 0. The Hall–Kier alpha value is -0.740. The molecule has 0 atom stereocenters. The number of aryl methyl sites for hydroxylation is 1. The number of rotatable bonds is 5. The summed E-state index contributed by atoms with van der Waals surface area (Å²) in [6, 6.07) is 5.92. The monoisotopic (exact) mass is 316 g/mol. The highest BCUT2D eigenvalue weighted by atomic mass is 35.7. The fourth-order valence-corrected chi connectivity index (χ4v) is 4.73. The second kappa shape index (κ2) is 5.94. The second-order valence-corrected chi connectivity index (χ2v) is 8.65. The largest absolute Gasteiger partial charge is 0.493 e. The van der Waals surface area contributed by atoms with Crippen molar-refractivity contribution in [3.8, 4) is 5.75 Å².